The van der Waals surface area contributed by atoms with E-state index < -0.39 is 0 Å². The van der Waals surface area contributed by atoms with E-state index in [9.17, 15) is 0 Å². The van der Waals surface area contributed by atoms with E-state index in [1.807, 2.05) is 91.0 Å². The number of para-hydroxylation sites is 1. The summed E-state index contributed by atoms with van der Waals surface area (Å²) in [5.41, 5.74) is 13.0. The minimum atomic E-state index is 0.608. The lowest BCUT2D eigenvalue weighted by Crippen LogP contribution is -2.00. The van der Waals surface area contributed by atoms with Gasteiger partial charge in [0.25, 0.3) is 0 Å². The van der Waals surface area contributed by atoms with Gasteiger partial charge >= 0.3 is 0 Å². The van der Waals surface area contributed by atoms with Gasteiger partial charge in [-0.05, 0) is 17.7 Å². The van der Waals surface area contributed by atoms with Crippen LogP contribution in [-0.2, 0) is 0 Å². The molecule has 0 bridgehead atoms. The van der Waals surface area contributed by atoms with Crippen LogP contribution in [0.2, 0.25) is 0 Å². The Morgan fingerprint density at radius 2 is 0.650 bits per heavy atom. The molecule has 0 amide bonds. The van der Waals surface area contributed by atoms with Crippen LogP contribution in [0.1, 0.15) is 0 Å². The van der Waals surface area contributed by atoms with E-state index in [1.54, 1.807) is 0 Å². The van der Waals surface area contributed by atoms with Crippen LogP contribution in [0, 0.1) is 0 Å². The van der Waals surface area contributed by atoms with Crippen molar-refractivity contribution in [1.29, 1.82) is 0 Å². The van der Waals surface area contributed by atoms with Crippen LogP contribution in [0.15, 0.2) is 206 Å². The summed E-state index contributed by atoms with van der Waals surface area (Å²) in [4.78, 5) is 31.2. The highest BCUT2D eigenvalue weighted by atomic mass is 15.0. The Labute approximate surface area is 346 Å². The van der Waals surface area contributed by atoms with E-state index >= 15 is 0 Å². The summed E-state index contributed by atoms with van der Waals surface area (Å²) < 4.78 is 0. The zero-order valence-corrected chi connectivity index (χ0v) is 32.3. The standard InChI is InChI=1S/C54H34N6/c1-6-17-36(18-7-1)47-44-33-34-45-51(57-49(38-21-10-3-11-22-38)48(55-45)37-19-8-2-9-20-37)46(44)43-28-16-27-42(50(43)56-47)35-29-31-41(32-30-35)54-59-52(39-23-12-4-13-24-39)58-53(60-54)40-25-14-5-15-26-40/h1-34H. The van der Waals surface area contributed by atoms with Crippen LogP contribution in [0.4, 0.5) is 0 Å². The first-order valence-corrected chi connectivity index (χ1v) is 20.0. The summed E-state index contributed by atoms with van der Waals surface area (Å²) in [7, 11) is 0. The molecule has 280 valence electrons. The highest BCUT2D eigenvalue weighted by Gasteiger charge is 2.20. The summed E-state index contributed by atoms with van der Waals surface area (Å²) in [6.45, 7) is 0. The van der Waals surface area contributed by atoms with Crippen molar-refractivity contribution in [2.24, 2.45) is 0 Å². The predicted molar refractivity (Wildman–Crippen MR) is 244 cm³/mol. The van der Waals surface area contributed by atoms with Gasteiger partial charge in [-0.2, -0.15) is 0 Å². The van der Waals surface area contributed by atoms with Crippen LogP contribution in [0.5, 0.6) is 0 Å². The molecular weight excluding hydrogens is 733 g/mol. The zero-order valence-electron chi connectivity index (χ0n) is 32.3. The summed E-state index contributed by atoms with van der Waals surface area (Å²) in [5, 5.41) is 3.05. The van der Waals surface area contributed by atoms with E-state index in [0.717, 1.165) is 94.3 Å². The topological polar surface area (TPSA) is 77.3 Å². The number of pyridine rings is 1. The van der Waals surface area contributed by atoms with Crippen molar-refractivity contribution in [3.63, 3.8) is 0 Å². The molecule has 6 heteroatoms. The lowest BCUT2D eigenvalue weighted by Gasteiger charge is -2.16. The fraction of sp³-hybridized carbons (Fsp3) is 0. The van der Waals surface area contributed by atoms with Crippen LogP contribution in [-0.4, -0.2) is 29.9 Å². The van der Waals surface area contributed by atoms with Crippen molar-refractivity contribution in [2.75, 3.05) is 0 Å². The lowest BCUT2D eigenvalue weighted by molar-refractivity contribution is 1.07. The van der Waals surface area contributed by atoms with Gasteiger partial charge in [0.2, 0.25) is 0 Å². The van der Waals surface area contributed by atoms with Gasteiger partial charge < -0.3 is 0 Å². The summed E-state index contributed by atoms with van der Waals surface area (Å²) in [6.07, 6.45) is 0. The Hall–Kier alpha value is -8.22. The van der Waals surface area contributed by atoms with E-state index in [-0.39, 0.29) is 0 Å². The highest BCUT2D eigenvalue weighted by Crippen LogP contribution is 2.41. The smallest absolute Gasteiger partial charge is 0.164 e. The molecule has 0 spiro atoms. The average Bonchev–Trinajstić information content (AvgIpc) is 3.34. The number of fused-ring (bicyclic) bond motifs is 5. The third-order valence-electron chi connectivity index (χ3n) is 10.9. The van der Waals surface area contributed by atoms with Crippen molar-refractivity contribution >= 4 is 32.7 Å². The maximum absolute atomic E-state index is 5.53. The monoisotopic (exact) mass is 766 g/mol. The van der Waals surface area contributed by atoms with Gasteiger partial charge in [-0.25, -0.2) is 29.9 Å². The molecule has 60 heavy (non-hydrogen) atoms. The summed E-state index contributed by atoms with van der Waals surface area (Å²) in [5.74, 6) is 1.87. The van der Waals surface area contributed by atoms with Gasteiger partial charge in [0.1, 0.15) is 0 Å². The molecule has 0 radical (unpaired) electrons. The Bertz CT molecular complexity index is 3270. The second-order valence-corrected chi connectivity index (χ2v) is 14.7. The van der Waals surface area contributed by atoms with Gasteiger partial charge in [-0.1, -0.05) is 194 Å². The van der Waals surface area contributed by atoms with Gasteiger partial charge in [0.15, 0.2) is 17.5 Å². The molecular formula is C54H34N6. The number of nitrogens with zero attached hydrogens (tertiary/aromatic N) is 6. The predicted octanol–water partition coefficient (Wildman–Crippen LogP) is 13.2. The quantitative estimate of drug-likeness (QED) is 0.150. The number of aromatic nitrogens is 6. The van der Waals surface area contributed by atoms with E-state index in [0.29, 0.717) is 17.5 Å². The molecule has 0 unspecified atom stereocenters. The number of rotatable bonds is 7. The highest BCUT2D eigenvalue weighted by molar-refractivity contribution is 6.22. The largest absolute Gasteiger partial charge is 0.246 e. The third-order valence-corrected chi connectivity index (χ3v) is 10.9. The van der Waals surface area contributed by atoms with Gasteiger partial charge in [-0.15, -0.1) is 0 Å². The molecule has 0 atom stereocenters. The molecule has 6 nitrogen and oxygen atoms in total. The lowest BCUT2D eigenvalue weighted by atomic mass is 9.94. The minimum Gasteiger partial charge on any atom is -0.246 e. The van der Waals surface area contributed by atoms with Crippen LogP contribution in [0.25, 0.3) is 112 Å². The molecule has 0 N–H and O–H groups in total. The fourth-order valence-corrected chi connectivity index (χ4v) is 8.01. The van der Waals surface area contributed by atoms with Crippen LogP contribution >= 0.6 is 0 Å². The van der Waals surface area contributed by atoms with Crippen molar-refractivity contribution in [3.8, 4) is 79.1 Å². The molecule has 0 fully saturated rings. The Morgan fingerprint density at radius 1 is 0.233 bits per heavy atom. The molecule has 11 rings (SSSR count). The Morgan fingerprint density at radius 3 is 1.17 bits per heavy atom. The third kappa shape index (κ3) is 6.33. The number of hydrogen-bond donors (Lipinski definition) is 0. The molecule has 11 aromatic rings. The van der Waals surface area contributed by atoms with Crippen molar-refractivity contribution in [3.05, 3.63) is 206 Å². The number of hydrogen-bond acceptors (Lipinski definition) is 6. The molecule has 0 aliphatic rings. The van der Waals surface area contributed by atoms with Crippen molar-refractivity contribution < 1.29 is 0 Å². The second kappa shape index (κ2) is 14.9. The first-order valence-electron chi connectivity index (χ1n) is 20.0. The van der Waals surface area contributed by atoms with Crippen LogP contribution in [0.3, 0.4) is 0 Å². The molecule has 0 saturated heterocycles. The summed E-state index contributed by atoms with van der Waals surface area (Å²) >= 11 is 0. The first kappa shape index (κ1) is 35.0. The second-order valence-electron chi connectivity index (χ2n) is 14.7. The van der Waals surface area contributed by atoms with Crippen molar-refractivity contribution in [1.82, 2.24) is 29.9 Å². The van der Waals surface area contributed by atoms with Gasteiger partial charge in [0, 0.05) is 55.1 Å². The van der Waals surface area contributed by atoms with E-state index in [1.165, 1.54) is 0 Å². The average molecular weight is 767 g/mol. The Kier molecular flexibility index (Phi) is 8.71. The molecule has 3 aromatic heterocycles. The number of benzene rings is 8. The molecule has 8 aromatic carbocycles. The normalized spacial score (nSPS) is 11.3. The van der Waals surface area contributed by atoms with E-state index in [2.05, 4.69) is 115 Å². The minimum absolute atomic E-state index is 0.608. The maximum atomic E-state index is 5.53. The zero-order chi connectivity index (χ0) is 39.8. The van der Waals surface area contributed by atoms with Crippen molar-refractivity contribution in [2.45, 2.75) is 0 Å². The fourth-order valence-electron chi connectivity index (χ4n) is 8.01. The maximum Gasteiger partial charge on any atom is 0.164 e. The molecule has 0 aliphatic heterocycles. The Balaban J connectivity index is 1.12. The SMILES string of the molecule is c1ccc(-c2nc(-c3ccccc3)nc(-c3ccc(-c4cccc5c4nc(-c4ccccc4)c4ccc6nc(-c7ccccc7)c(-c7ccccc7)nc6c45)cc3)n2)cc1. The van der Waals surface area contributed by atoms with Gasteiger partial charge in [0.05, 0.1) is 33.6 Å². The molecule has 0 aliphatic carbocycles. The summed E-state index contributed by atoms with van der Waals surface area (Å²) in [6, 6.07) is 70.2. The molecule has 0 saturated carbocycles. The molecule has 3 heterocycles. The van der Waals surface area contributed by atoms with Gasteiger partial charge in [-0.3, -0.25) is 0 Å². The van der Waals surface area contributed by atoms with Crippen LogP contribution < -0.4 is 0 Å². The van der Waals surface area contributed by atoms with E-state index in [4.69, 9.17) is 29.9 Å². The first-order chi connectivity index (χ1) is 29.7.